The third kappa shape index (κ3) is 3.51. The molecule has 0 saturated heterocycles. The molecule has 0 aromatic heterocycles. The van der Waals surface area contributed by atoms with Crippen LogP contribution in [0, 0.1) is 17.5 Å². The standard InChI is InChI=1S/C21H18F3O3P/c1-2-27-28(25,26)21(15-3-9-18(22)10-4-15,16-5-11-19(23)12-6-16)17-7-13-20(24)14-8-17/h3-14H,2H2,1H3,(H,25,26). The molecule has 0 spiro atoms. The van der Waals surface area contributed by atoms with E-state index in [-0.39, 0.29) is 23.3 Å². The summed E-state index contributed by atoms with van der Waals surface area (Å²) in [6.07, 6.45) is 0. The van der Waals surface area contributed by atoms with E-state index in [9.17, 15) is 22.6 Å². The summed E-state index contributed by atoms with van der Waals surface area (Å²) in [4.78, 5) is 11.0. The van der Waals surface area contributed by atoms with Crippen LogP contribution in [0.4, 0.5) is 13.2 Å². The Labute approximate surface area is 161 Å². The van der Waals surface area contributed by atoms with Crippen LogP contribution in [-0.2, 0) is 14.2 Å². The van der Waals surface area contributed by atoms with Gasteiger partial charge in [-0.1, -0.05) is 36.4 Å². The van der Waals surface area contributed by atoms with E-state index in [4.69, 9.17) is 4.52 Å². The smallest absolute Gasteiger partial charge is 0.323 e. The van der Waals surface area contributed by atoms with Crippen LogP contribution in [-0.4, -0.2) is 11.5 Å². The van der Waals surface area contributed by atoms with Crippen LogP contribution in [0.5, 0.6) is 0 Å². The number of hydrogen-bond donors (Lipinski definition) is 1. The summed E-state index contributed by atoms with van der Waals surface area (Å²) >= 11 is 0. The average Bonchev–Trinajstić information content (AvgIpc) is 2.66. The molecule has 1 unspecified atom stereocenters. The molecule has 0 bridgehead atoms. The molecule has 7 heteroatoms. The van der Waals surface area contributed by atoms with Crippen LogP contribution < -0.4 is 0 Å². The van der Waals surface area contributed by atoms with Crippen molar-refractivity contribution in [2.75, 3.05) is 6.61 Å². The summed E-state index contributed by atoms with van der Waals surface area (Å²) in [5.41, 5.74) is 0.768. The van der Waals surface area contributed by atoms with Gasteiger partial charge in [0.05, 0.1) is 6.61 Å². The summed E-state index contributed by atoms with van der Waals surface area (Å²) in [7, 11) is -4.51. The second kappa shape index (κ2) is 7.92. The summed E-state index contributed by atoms with van der Waals surface area (Å²) in [5.74, 6) is -1.58. The van der Waals surface area contributed by atoms with Gasteiger partial charge in [0.15, 0.2) is 0 Å². The minimum atomic E-state index is -4.51. The van der Waals surface area contributed by atoms with Crippen LogP contribution in [0.25, 0.3) is 0 Å². The van der Waals surface area contributed by atoms with E-state index < -0.39 is 30.2 Å². The van der Waals surface area contributed by atoms with Crippen LogP contribution >= 0.6 is 7.60 Å². The van der Waals surface area contributed by atoms with E-state index >= 15 is 0 Å². The van der Waals surface area contributed by atoms with Gasteiger partial charge in [-0.3, -0.25) is 4.57 Å². The van der Waals surface area contributed by atoms with Gasteiger partial charge in [0.1, 0.15) is 22.6 Å². The van der Waals surface area contributed by atoms with Crippen molar-refractivity contribution in [2.24, 2.45) is 0 Å². The molecule has 3 aromatic rings. The van der Waals surface area contributed by atoms with Gasteiger partial charge in [0.2, 0.25) is 0 Å². The van der Waals surface area contributed by atoms with Gasteiger partial charge in [-0.2, -0.15) is 0 Å². The van der Waals surface area contributed by atoms with Gasteiger partial charge >= 0.3 is 7.60 Å². The van der Waals surface area contributed by atoms with Gasteiger partial charge in [0, 0.05) is 0 Å². The highest BCUT2D eigenvalue weighted by molar-refractivity contribution is 7.54. The van der Waals surface area contributed by atoms with Crippen molar-refractivity contribution < 1.29 is 27.2 Å². The summed E-state index contributed by atoms with van der Waals surface area (Å²) < 4.78 is 59.5. The summed E-state index contributed by atoms with van der Waals surface area (Å²) in [5, 5.41) is -1.81. The van der Waals surface area contributed by atoms with Crippen LogP contribution in [0.1, 0.15) is 23.6 Å². The lowest BCUT2D eigenvalue weighted by Crippen LogP contribution is -2.30. The van der Waals surface area contributed by atoms with Gasteiger partial charge < -0.3 is 9.42 Å². The molecule has 1 atom stereocenters. The zero-order chi connectivity index (χ0) is 20.4. The van der Waals surface area contributed by atoms with Gasteiger partial charge in [-0.05, 0) is 60.0 Å². The molecule has 3 nitrogen and oxygen atoms in total. The maximum absolute atomic E-state index is 13.6. The largest absolute Gasteiger partial charge is 0.347 e. The zero-order valence-corrected chi connectivity index (χ0v) is 15.9. The Morgan fingerprint density at radius 1 is 0.750 bits per heavy atom. The third-order valence-corrected chi connectivity index (χ3v) is 6.74. The monoisotopic (exact) mass is 406 g/mol. The molecule has 146 valence electrons. The Morgan fingerprint density at radius 2 is 1.04 bits per heavy atom. The minimum absolute atomic E-state index is 0.0703. The van der Waals surface area contributed by atoms with Crippen molar-refractivity contribution >= 4 is 7.60 Å². The third-order valence-electron chi connectivity index (χ3n) is 4.51. The van der Waals surface area contributed by atoms with Crippen LogP contribution in [0.2, 0.25) is 0 Å². The molecule has 0 radical (unpaired) electrons. The highest BCUT2D eigenvalue weighted by Crippen LogP contribution is 2.67. The fraction of sp³-hybridized carbons (Fsp3) is 0.143. The Balaban J connectivity index is 2.43. The highest BCUT2D eigenvalue weighted by Gasteiger charge is 2.53. The molecule has 0 heterocycles. The van der Waals surface area contributed by atoms with E-state index in [0.29, 0.717) is 0 Å². The van der Waals surface area contributed by atoms with Crippen LogP contribution in [0.3, 0.4) is 0 Å². The molecule has 0 saturated carbocycles. The fourth-order valence-corrected chi connectivity index (χ4v) is 5.30. The summed E-state index contributed by atoms with van der Waals surface area (Å²) in [6.45, 7) is 1.49. The van der Waals surface area contributed by atoms with E-state index in [1.54, 1.807) is 6.92 Å². The Kier molecular flexibility index (Phi) is 5.75. The molecule has 0 amide bonds. The molecular weight excluding hydrogens is 388 g/mol. The lowest BCUT2D eigenvalue weighted by molar-refractivity contribution is 0.258. The first kappa shape index (κ1) is 20.3. The zero-order valence-electron chi connectivity index (χ0n) is 15.0. The first-order valence-corrected chi connectivity index (χ1v) is 10.1. The van der Waals surface area contributed by atoms with E-state index in [1.807, 2.05) is 0 Å². The van der Waals surface area contributed by atoms with Crippen molar-refractivity contribution in [3.63, 3.8) is 0 Å². The van der Waals surface area contributed by atoms with Crippen molar-refractivity contribution in [1.29, 1.82) is 0 Å². The van der Waals surface area contributed by atoms with E-state index in [0.717, 1.165) is 36.4 Å². The number of hydrogen-bond acceptors (Lipinski definition) is 2. The minimum Gasteiger partial charge on any atom is -0.323 e. The number of halogens is 3. The molecule has 0 fully saturated rings. The van der Waals surface area contributed by atoms with Crippen molar-refractivity contribution in [2.45, 2.75) is 12.1 Å². The second-order valence-corrected chi connectivity index (χ2v) is 8.14. The molecular formula is C21H18F3O3P. The topological polar surface area (TPSA) is 46.5 Å². The molecule has 0 aliphatic rings. The first-order chi connectivity index (χ1) is 13.3. The molecule has 3 aromatic carbocycles. The Hall–Kier alpha value is -2.40. The van der Waals surface area contributed by atoms with Crippen molar-refractivity contribution in [1.82, 2.24) is 0 Å². The number of benzene rings is 3. The lowest BCUT2D eigenvalue weighted by atomic mass is 9.84. The maximum atomic E-state index is 13.6. The number of rotatable bonds is 6. The first-order valence-electron chi connectivity index (χ1n) is 8.57. The lowest BCUT2D eigenvalue weighted by Gasteiger charge is -2.38. The second-order valence-electron chi connectivity index (χ2n) is 6.17. The predicted octanol–water partition coefficient (Wildman–Crippen LogP) is 5.62. The average molecular weight is 406 g/mol. The quantitative estimate of drug-likeness (QED) is 0.427. The fourth-order valence-electron chi connectivity index (χ4n) is 3.33. The Bertz CT molecular complexity index is 876. The molecule has 3 rings (SSSR count). The molecule has 0 aliphatic carbocycles. The molecule has 28 heavy (non-hydrogen) atoms. The maximum Gasteiger partial charge on any atom is 0.347 e. The summed E-state index contributed by atoms with van der Waals surface area (Å²) in [6, 6.07) is 15.1. The Morgan fingerprint density at radius 3 is 1.29 bits per heavy atom. The van der Waals surface area contributed by atoms with Crippen LogP contribution in [0.15, 0.2) is 72.8 Å². The molecule has 1 N–H and O–H groups in total. The SMILES string of the molecule is CCOP(=O)(O)C(c1ccc(F)cc1)(c1ccc(F)cc1)c1ccc(F)cc1. The van der Waals surface area contributed by atoms with E-state index in [1.165, 1.54) is 36.4 Å². The predicted molar refractivity (Wildman–Crippen MR) is 101 cm³/mol. The molecule has 0 aliphatic heterocycles. The van der Waals surface area contributed by atoms with Gasteiger partial charge in [-0.15, -0.1) is 0 Å². The van der Waals surface area contributed by atoms with Crippen molar-refractivity contribution in [3.8, 4) is 0 Å². The highest BCUT2D eigenvalue weighted by atomic mass is 31.2. The van der Waals surface area contributed by atoms with Crippen molar-refractivity contribution in [3.05, 3.63) is 107 Å². The normalized spacial score (nSPS) is 13.9. The van der Waals surface area contributed by atoms with Gasteiger partial charge in [-0.25, -0.2) is 13.2 Å². The van der Waals surface area contributed by atoms with E-state index in [2.05, 4.69) is 0 Å². The van der Waals surface area contributed by atoms with Gasteiger partial charge in [0.25, 0.3) is 0 Å².